The Morgan fingerprint density at radius 1 is 1.35 bits per heavy atom. The van der Waals surface area contributed by atoms with Crippen molar-refractivity contribution in [2.24, 2.45) is 0 Å². The summed E-state index contributed by atoms with van der Waals surface area (Å²) in [5.74, 6) is 1.03. The fourth-order valence-corrected chi connectivity index (χ4v) is 2.45. The number of para-hydroxylation sites is 1. The third-order valence-electron chi connectivity index (χ3n) is 3.57. The van der Waals surface area contributed by atoms with Gasteiger partial charge in [-0.3, -0.25) is 4.90 Å². The van der Waals surface area contributed by atoms with Crippen LogP contribution >= 0.6 is 0 Å². The fraction of sp³-hybridized carbons (Fsp3) is 0.412. The Morgan fingerprint density at radius 3 is 2.75 bits per heavy atom. The topological polar surface area (TPSA) is 28.4 Å². The molecule has 1 aromatic heterocycles. The van der Waals surface area contributed by atoms with Gasteiger partial charge in [-0.2, -0.15) is 0 Å². The molecule has 0 aliphatic rings. The highest BCUT2D eigenvalue weighted by atomic mass is 16.3. The van der Waals surface area contributed by atoms with Crippen LogP contribution in [0.4, 0.5) is 0 Å². The lowest BCUT2D eigenvalue weighted by atomic mass is 10.1. The van der Waals surface area contributed by atoms with Crippen molar-refractivity contribution in [3.63, 3.8) is 0 Å². The zero-order valence-electron chi connectivity index (χ0n) is 12.6. The highest BCUT2D eigenvalue weighted by Crippen LogP contribution is 2.27. The minimum atomic E-state index is 0.476. The number of nitrogens with zero attached hydrogens (tertiary/aromatic N) is 1. The first-order valence-electron chi connectivity index (χ1n) is 7.16. The summed E-state index contributed by atoms with van der Waals surface area (Å²) in [7, 11) is 1.95. The highest BCUT2D eigenvalue weighted by Gasteiger charge is 2.17. The quantitative estimate of drug-likeness (QED) is 0.781. The summed E-state index contributed by atoms with van der Waals surface area (Å²) in [5, 5.41) is 4.40. The van der Waals surface area contributed by atoms with Gasteiger partial charge in [-0.05, 0) is 27.0 Å². The van der Waals surface area contributed by atoms with Gasteiger partial charge in [0.05, 0.1) is 6.54 Å². The largest absolute Gasteiger partial charge is 0.459 e. The highest BCUT2D eigenvalue weighted by molar-refractivity contribution is 5.82. The van der Waals surface area contributed by atoms with Crippen molar-refractivity contribution in [3.05, 3.63) is 48.2 Å². The van der Waals surface area contributed by atoms with E-state index in [1.54, 1.807) is 0 Å². The lowest BCUT2D eigenvalue weighted by Crippen LogP contribution is -2.30. The minimum absolute atomic E-state index is 0.476. The Hall–Kier alpha value is -1.58. The monoisotopic (exact) mass is 272 g/mol. The smallest absolute Gasteiger partial charge is 0.134 e. The van der Waals surface area contributed by atoms with Crippen molar-refractivity contribution >= 4 is 11.0 Å². The van der Waals surface area contributed by atoms with Gasteiger partial charge in [0, 0.05) is 30.1 Å². The number of nitrogens with one attached hydrogen (secondary N) is 1. The molecule has 0 bridgehead atoms. The SMILES string of the molecule is C=CCN(Cc1c(CNC)oc2ccccc12)C(C)C. The Bertz CT molecular complexity index is 571. The van der Waals surface area contributed by atoms with Gasteiger partial charge in [0.2, 0.25) is 0 Å². The molecule has 2 rings (SSSR count). The summed E-state index contributed by atoms with van der Waals surface area (Å²) in [6.45, 7) is 10.8. The molecule has 0 saturated heterocycles. The summed E-state index contributed by atoms with van der Waals surface area (Å²) in [5.41, 5.74) is 2.25. The Labute approximate surface area is 121 Å². The molecule has 0 fully saturated rings. The third kappa shape index (κ3) is 3.11. The van der Waals surface area contributed by atoms with Crippen LogP contribution in [-0.4, -0.2) is 24.5 Å². The molecule has 0 saturated carbocycles. The van der Waals surface area contributed by atoms with E-state index in [1.165, 1.54) is 10.9 Å². The summed E-state index contributed by atoms with van der Waals surface area (Å²) in [4.78, 5) is 2.39. The van der Waals surface area contributed by atoms with Crippen LogP contribution < -0.4 is 5.32 Å². The van der Waals surface area contributed by atoms with Crippen molar-refractivity contribution < 1.29 is 4.42 Å². The number of benzene rings is 1. The number of rotatable bonds is 7. The van der Waals surface area contributed by atoms with Crippen LogP contribution in [0, 0.1) is 0 Å². The maximum atomic E-state index is 5.98. The van der Waals surface area contributed by atoms with Gasteiger partial charge in [0.15, 0.2) is 0 Å². The molecule has 20 heavy (non-hydrogen) atoms. The zero-order chi connectivity index (χ0) is 14.5. The predicted octanol–water partition coefficient (Wildman–Crippen LogP) is 3.55. The van der Waals surface area contributed by atoms with Crippen LogP contribution in [0.15, 0.2) is 41.3 Å². The molecule has 0 aliphatic heterocycles. The molecule has 1 N–H and O–H groups in total. The normalized spacial score (nSPS) is 11.7. The van der Waals surface area contributed by atoms with Crippen molar-refractivity contribution in [2.75, 3.05) is 13.6 Å². The van der Waals surface area contributed by atoms with Crippen molar-refractivity contribution in [3.8, 4) is 0 Å². The first kappa shape index (κ1) is 14.8. The van der Waals surface area contributed by atoms with E-state index in [0.29, 0.717) is 6.04 Å². The lowest BCUT2D eigenvalue weighted by molar-refractivity contribution is 0.236. The van der Waals surface area contributed by atoms with E-state index in [-0.39, 0.29) is 0 Å². The van der Waals surface area contributed by atoms with Crippen molar-refractivity contribution in [2.45, 2.75) is 33.0 Å². The number of hydrogen-bond donors (Lipinski definition) is 1. The molecule has 0 atom stereocenters. The molecule has 3 heteroatoms. The molecule has 1 heterocycles. The molecule has 1 aromatic carbocycles. The first-order chi connectivity index (χ1) is 9.67. The van der Waals surface area contributed by atoms with Gasteiger partial charge < -0.3 is 9.73 Å². The van der Waals surface area contributed by atoms with E-state index in [2.05, 4.69) is 42.8 Å². The van der Waals surface area contributed by atoms with Crippen LogP contribution in [0.5, 0.6) is 0 Å². The average molecular weight is 272 g/mol. The molecule has 3 nitrogen and oxygen atoms in total. The summed E-state index contributed by atoms with van der Waals surface area (Å²) in [6.07, 6.45) is 1.96. The standard InChI is InChI=1S/C17H24N2O/c1-5-10-19(13(2)3)12-15-14-8-6-7-9-16(14)20-17(15)11-18-4/h5-9,13,18H,1,10-12H2,2-4H3. The molecule has 108 valence electrons. The van der Waals surface area contributed by atoms with Gasteiger partial charge in [-0.25, -0.2) is 0 Å². The second-order valence-electron chi connectivity index (χ2n) is 5.34. The molecule has 0 unspecified atom stereocenters. The number of hydrogen-bond acceptors (Lipinski definition) is 3. The van der Waals surface area contributed by atoms with E-state index in [0.717, 1.165) is 31.0 Å². The van der Waals surface area contributed by atoms with Crippen LogP contribution in [0.3, 0.4) is 0 Å². The van der Waals surface area contributed by atoms with E-state index in [1.807, 2.05) is 25.3 Å². The van der Waals surface area contributed by atoms with Crippen LogP contribution in [0.1, 0.15) is 25.2 Å². The van der Waals surface area contributed by atoms with E-state index in [4.69, 9.17) is 4.42 Å². The van der Waals surface area contributed by atoms with Gasteiger partial charge in [0.1, 0.15) is 11.3 Å². The second kappa shape index (κ2) is 6.73. The van der Waals surface area contributed by atoms with Crippen molar-refractivity contribution in [1.29, 1.82) is 0 Å². The fourth-order valence-electron chi connectivity index (χ4n) is 2.45. The summed E-state index contributed by atoms with van der Waals surface area (Å²) in [6, 6.07) is 8.73. The van der Waals surface area contributed by atoms with Gasteiger partial charge in [0.25, 0.3) is 0 Å². The number of fused-ring (bicyclic) bond motifs is 1. The summed E-state index contributed by atoms with van der Waals surface area (Å²) >= 11 is 0. The Balaban J connectivity index is 2.39. The van der Waals surface area contributed by atoms with Gasteiger partial charge >= 0.3 is 0 Å². The maximum Gasteiger partial charge on any atom is 0.134 e. The number of furan rings is 1. The van der Waals surface area contributed by atoms with E-state index in [9.17, 15) is 0 Å². The molecule has 0 spiro atoms. The van der Waals surface area contributed by atoms with Crippen LogP contribution in [0.2, 0.25) is 0 Å². The molecular formula is C17H24N2O. The maximum absolute atomic E-state index is 5.98. The van der Waals surface area contributed by atoms with Crippen LogP contribution in [0.25, 0.3) is 11.0 Å². The molecule has 0 radical (unpaired) electrons. The van der Waals surface area contributed by atoms with Crippen molar-refractivity contribution in [1.82, 2.24) is 10.2 Å². The van der Waals surface area contributed by atoms with Gasteiger partial charge in [-0.1, -0.05) is 24.3 Å². The zero-order valence-corrected chi connectivity index (χ0v) is 12.6. The molecular weight excluding hydrogens is 248 g/mol. The van der Waals surface area contributed by atoms with Crippen LogP contribution in [-0.2, 0) is 13.1 Å². The predicted molar refractivity (Wildman–Crippen MR) is 84.7 cm³/mol. The lowest BCUT2D eigenvalue weighted by Gasteiger charge is -2.25. The first-order valence-corrected chi connectivity index (χ1v) is 7.16. The third-order valence-corrected chi connectivity index (χ3v) is 3.57. The Kier molecular flexibility index (Phi) is 4.99. The Morgan fingerprint density at radius 2 is 2.10 bits per heavy atom. The molecule has 0 amide bonds. The summed E-state index contributed by atoms with van der Waals surface area (Å²) < 4.78 is 5.98. The second-order valence-corrected chi connectivity index (χ2v) is 5.34. The van der Waals surface area contributed by atoms with Gasteiger partial charge in [-0.15, -0.1) is 6.58 Å². The minimum Gasteiger partial charge on any atom is -0.459 e. The van der Waals surface area contributed by atoms with E-state index < -0.39 is 0 Å². The average Bonchev–Trinajstić information content (AvgIpc) is 2.77. The molecule has 0 aliphatic carbocycles. The molecule has 2 aromatic rings. The van der Waals surface area contributed by atoms with E-state index >= 15 is 0 Å².